The number of hydrogen-bond donors (Lipinski definition) is 2. The second-order valence-corrected chi connectivity index (χ2v) is 7.88. The van der Waals surface area contributed by atoms with Crippen molar-refractivity contribution in [2.45, 2.75) is 65.6 Å². The fourth-order valence-electron chi connectivity index (χ4n) is 3.78. The molecule has 1 heterocycles. The van der Waals surface area contributed by atoms with Gasteiger partial charge in [-0.2, -0.15) is 0 Å². The third kappa shape index (κ3) is 8.05. The maximum absolute atomic E-state index is 11.9. The molecule has 1 unspecified atom stereocenters. The molecule has 0 radical (unpaired) electrons. The van der Waals surface area contributed by atoms with Crippen molar-refractivity contribution in [3.05, 3.63) is 35.4 Å². The molecule has 0 bridgehead atoms. The molecule has 1 aromatic rings. The third-order valence-corrected chi connectivity index (χ3v) is 5.61. The first-order valence-corrected chi connectivity index (χ1v) is 11.1. The molecular weight excluding hydrogens is 362 g/mol. The highest BCUT2D eigenvalue weighted by atomic mass is 16.2. The molecule has 162 valence electrons. The summed E-state index contributed by atoms with van der Waals surface area (Å²) in [5, 5.41) is 6.91. The largest absolute Gasteiger partial charge is 0.354 e. The Balaban J connectivity index is 1.77. The Morgan fingerprint density at radius 2 is 2.03 bits per heavy atom. The molecule has 0 aliphatic carbocycles. The molecule has 1 fully saturated rings. The van der Waals surface area contributed by atoms with E-state index in [1.165, 1.54) is 17.5 Å². The van der Waals surface area contributed by atoms with Crippen LogP contribution in [0.15, 0.2) is 29.3 Å². The van der Waals surface area contributed by atoms with Gasteiger partial charge in [0.15, 0.2) is 5.96 Å². The zero-order valence-electron chi connectivity index (χ0n) is 18.7. The number of benzene rings is 1. The van der Waals surface area contributed by atoms with Gasteiger partial charge < -0.3 is 20.4 Å². The van der Waals surface area contributed by atoms with Gasteiger partial charge in [0.1, 0.15) is 0 Å². The number of guanidine groups is 1. The molecule has 2 rings (SSSR count). The van der Waals surface area contributed by atoms with Crippen molar-refractivity contribution in [3.8, 4) is 0 Å². The van der Waals surface area contributed by atoms with Crippen molar-refractivity contribution < 1.29 is 4.79 Å². The summed E-state index contributed by atoms with van der Waals surface area (Å²) >= 11 is 0. The smallest absolute Gasteiger partial charge is 0.222 e. The molecule has 2 N–H and O–H groups in total. The number of likely N-dealkylation sites (tertiary alicyclic amines) is 1. The minimum atomic E-state index is 0.271. The average Bonchev–Trinajstić information content (AvgIpc) is 3.13. The van der Waals surface area contributed by atoms with E-state index < -0.39 is 0 Å². The molecule has 1 aliphatic rings. The third-order valence-electron chi connectivity index (χ3n) is 5.61. The zero-order valence-corrected chi connectivity index (χ0v) is 18.7. The van der Waals surface area contributed by atoms with Gasteiger partial charge in [0.05, 0.1) is 0 Å². The molecule has 29 heavy (non-hydrogen) atoms. The molecule has 0 spiro atoms. The zero-order chi connectivity index (χ0) is 21.1. The molecule has 1 saturated heterocycles. The Hall–Kier alpha value is -2.08. The highest BCUT2D eigenvalue weighted by Gasteiger charge is 2.19. The molecule has 1 amide bonds. The topological polar surface area (TPSA) is 60.0 Å². The van der Waals surface area contributed by atoms with Crippen molar-refractivity contribution in [1.82, 2.24) is 20.4 Å². The van der Waals surface area contributed by atoms with Crippen LogP contribution in [0.1, 0.15) is 57.6 Å². The highest BCUT2D eigenvalue weighted by molar-refractivity contribution is 5.80. The number of carbonyl (C=O) groups is 1. The first-order chi connectivity index (χ1) is 14.0. The highest BCUT2D eigenvalue weighted by Crippen LogP contribution is 2.15. The molecule has 1 atom stereocenters. The van der Waals surface area contributed by atoms with E-state index in [1.807, 2.05) is 11.9 Å². The summed E-state index contributed by atoms with van der Waals surface area (Å²) in [5.41, 5.74) is 2.39. The van der Waals surface area contributed by atoms with Crippen LogP contribution in [-0.2, 0) is 17.9 Å². The standard InChI is InChI=1S/C23H39N5O/c1-5-27(6-2)14-8-10-19(3)26-23(24-4)25-17-20-11-7-12-21(16-20)18-28-15-9-13-22(28)29/h7,11-12,16,19H,5-6,8-10,13-15,17-18H2,1-4H3,(H2,24,25,26). The van der Waals surface area contributed by atoms with Crippen molar-refractivity contribution in [3.63, 3.8) is 0 Å². The second-order valence-electron chi connectivity index (χ2n) is 7.88. The Kier molecular flexibility index (Phi) is 9.98. The van der Waals surface area contributed by atoms with Gasteiger partial charge in [-0.1, -0.05) is 38.1 Å². The molecule has 6 heteroatoms. The van der Waals surface area contributed by atoms with E-state index >= 15 is 0 Å². The van der Waals surface area contributed by atoms with E-state index in [-0.39, 0.29) is 5.91 Å². The Morgan fingerprint density at radius 3 is 2.69 bits per heavy atom. The number of aliphatic imine (C=N–C) groups is 1. The molecule has 6 nitrogen and oxygen atoms in total. The van der Waals surface area contributed by atoms with Gasteiger partial charge >= 0.3 is 0 Å². The number of carbonyl (C=O) groups excluding carboxylic acids is 1. The lowest BCUT2D eigenvalue weighted by Crippen LogP contribution is -2.42. The van der Waals surface area contributed by atoms with E-state index in [4.69, 9.17) is 0 Å². The molecule has 1 aromatic carbocycles. The summed E-state index contributed by atoms with van der Waals surface area (Å²) < 4.78 is 0. The lowest BCUT2D eigenvalue weighted by molar-refractivity contribution is -0.128. The van der Waals surface area contributed by atoms with Crippen LogP contribution in [0.25, 0.3) is 0 Å². The molecular formula is C23H39N5O. The van der Waals surface area contributed by atoms with E-state index in [0.29, 0.717) is 25.6 Å². The predicted octanol–water partition coefficient (Wildman–Crippen LogP) is 2.98. The van der Waals surface area contributed by atoms with Gasteiger partial charge in [0, 0.05) is 39.1 Å². The van der Waals surface area contributed by atoms with Gasteiger partial charge in [-0.15, -0.1) is 0 Å². The number of hydrogen-bond acceptors (Lipinski definition) is 3. The van der Waals surface area contributed by atoms with E-state index in [9.17, 15) is 4.79 Å². The minimum Gasteiger partial charge on any atom is -0.354 e. The monoisotopic (exact) mass is 401 g/mol. The Bertz CT molecular complexity index is 656. The summed E-state index contributed by atoms with van der Waals surface area (Å²) in [6.07, 6.45) is 3.98. The van der Waals surface area contributed by atoms with Crippen molar-refractivity contribution in [2.24, 2.45) is 4.99 Å². The van der Waals surface area contributed by atoms with Crippen LogP contribution in [0.4, 0.5) is 0 Å². The summed E-state index contributed by atoms with van der Waals surface area (Å²) in [5.74, 6) is 1.11. The van der Waals surface area contributed by atoms with Gasteiger partial charge in [-0.3, -0.25) is 9.79 Å². The van der Waals surface area contributed by atoms with Crippen molar-refractivity contribution in [1.29, 1.82) is 0 Å². The SMILES string of the molecule is CCN(CC)CCCC(C)NC(=NC)NCc1cccc(CN2CCCC2=O)c1. The summed E-state index contributed by atoms with van der Waals surface area (Å²) in [6, 6.07) is 8.84. The summed E-state index contributed by atoms with van der Waals surface area (Å²) in [6.45, 7) is 12.3. The minimum absolute atomic E-state index is 0.271. The van der Waals surface area contributed by atoms with Crippen LogP contribution < -0.4 is 10.6 Å². The summed E-state index contributed by atoms with van der Waals surface area (Å²) in [7, 11) is 1.81. The first kappa shape index (κ1) is 23.2. The number of rotatable bonds is 11. The van der Waals surface area contributed by atoms with Gasteiger partial charge in [0.2, 0.25) is 5.91 Å². The molecule has 0 saturated carbocycles. The van der Waals surface area contributed by atoms with E-state index in [0.717, 1.165) is 45.0 Å². The predicted molar refractivity (Wildman–Crippen MR) is 121 cm³/mol. The van der Waals surface area contributed by atoms with Crippen LogP contribution in [0, 0.1) is 0 Å². The quantitative estimate of drug-likeness (QED) is 0.442. The van der Waals surface area contributed by atoms with Crippen molar-refractivity contribution >= 4 is 11.9 Å². The van der Waals surface area contributed by atoms with E-state index in [2.05, 4.69) is 65.6 Å². The number of nitrogens with one attached hydrogen (secondary N) is 2. The number of nitrogens with zero attached hydrogens (tertiary/aromatic N) is 3. The Labute approximate surface area is 176 Å². The van der Waals surface area contributed by atoms with E-state index in [1.54, 1.807) is 0 Å². The second kappa shape index (κ2) is 12.5. The van der Waals surface area contributed by atoms with Crippen molar-refractivity contribution in [2.75, 3.05) is 33.2 Å². The fraction of sp³-hybridized carbons (Fsp3) is 0.652. The van der Waals surface area contributed by atoms with Crippen LogP contribution in [0.2, 0.25) is 0 Å². The average molecular weight is 402 g/mol. The van der Waals surface area contributed by atoms with Gasteiger partial charge in [-0.05, 0) is 56.9 Å². The molecule has 1 aliphatic heterocycles. The van der Waals surface area contributed by atoms with Gasteiger partial charge in [-0.25, -0.2) is 0 Å². The number of amides is 1. The normalized spacial score (nSPS) is 15.8. The van der Waals surface area contributed by atoms with Crippen LogP contribution >= 0.6 is 0 Å². The molecule has 0 aromatic heterocycles. The van der Waals surface area contributed by atoms with Crippen LogP contribution in [0.5, 0.6) is 0 Å². The van der Waals surface area contributed by atoms with Crippen LogP contribution in [-0.4, -0.2) is 60.9 Å². The Morgan fingerprint density at radius 1 is 1.28 bits per heavy atom. The maximum Gasteiger partial charge on any atom is 0.222 e. The fourth-order valence-corrected chi connectivity index (χ4v) is 3.78. The lowest BCUT2D eigenvalue weighted by Gasteiger charge is -2.21. The van der Waals surface area contributed by atoms with Crippen LogP contribution in [0.3, 0.4) is 0 Å². The van der Waals surface area contributed by atoms with Gasteiger partial charge in [0.25, 0.3) is 0 Å². The lowest BCUT2D eigenvalue weighted by atomic mass is 10.1. The maximum atomic E-state index is 11.9. The summed E-state index contributed by atoms with van der Waals surface area (Å²) in [4.78, 5) is 20.6. The first-order valence-electron chi connectivity index (χ1n) is 11.1.